The molecule has 0 radical (unpaired) electrons. The van der Waals surface area contributed by atoms with Crippen LogP contribution in [0.2, 0.25) is 0 Å². The number of para-hydroxylation sites is 1. The minimum atomic E-state index is -4.76. The quantitative estimate of drug-likeness (QED) is 0.234. The topological polar surface area (TPSA) is 122 Å². The van der Waals surface area contributed by atoms with E-state index in [2.05, 4.69) is 10.5 Å². The van der Waals surface area contributed by atoms with Gasteiger partial charge in [0, 0.05) is 17.2 Å². The number of benzene rings is 3. The van der Waals surface area contributed by atoms with Crippen LogP contribution in [0.15, 0.2) is 59.7 Å². The van der Waals surface area contributed by atoms with E-state index < -0.39 is 34.0 Å². The van der Waals surface area contributed by atoms with Gasteiger partial charge in [-0.3, -0.25) is 14.9 Å². The van der Waals surface area contributed by atoms with E-state index in [4.69, 9.17) is 18.9 Å². The lowest BCUT2D eigenvalue weighted by Gasteiger charge is -2.13. The Morgan fingerprint density at radius 2 is 1.59 bits per heavy atom. The van der Waals surface area contributed by atoms with Crippen LogP contribution in [0.25, 0.3) is 0 Å². The van der Waals surface area contributed by atoms with Crippen LogP contribution < -0.4 is 24.4 Å². The largest absolute Gasteiger partial charge is 0.493 e. The summed E-state index contributed by atoms with van der Waals surface area (Å²) < 4.78 is 60.1. The second kappa shape index (κ2) is 11.3. The third-order valence-corrected chi connectivity index (χ3v) is 4.92. The number of hydrogen-bond acceptors (Lipinski definition) is 8. The molecule has 0 heterocycles. The molecule has 0 saturated carbocycles. The van der Waals surface area contributed by atoms with Crippen LogP contribution >= 0.6 is 0 Å². The second-order valence-electron chi connectivity index (χ2n) is 7.19. The van der Waals surface area contributed by atoms with Crippen molar-refractivity contribution in [3.05, 3.63) is 81.4 Å². The molecule has 0 spiro atoms. The van der Waals surface area contributed by atoms with Crippen molar-refractivity contribution in [2.75, 3.05) is 21.3 Å². The van der Waals surface area contributed by atoms with Crippen molar-refractivity contribution in [2.45, 2.75) is 6.18 Å². The summed E-state index contributed by atoms with van der Waals surface area (Å²) in [7, 11) is 4.22. The molecule has 10 nitrogen and oxygen atoms in total. The Morgan fingerprint density at radius 3 is 2.16 bits per heavy atom. The number of nitro groups is 1. The number of carbonyl (C=O) groups is 1. The first-order valence-corrected chi connectivity index (χ1v) is 10.3. The van der Waals surface area contributed by atoms with Gasteiger partial charge in [-0.1, -0.05) is 12.1 Å². The van der Waals surface area contributed by atoms with E-state index >= 15 is 0 Å². The van der Waals surface area contributed by atoms with Crippen molar-refractivity contribution < 1.29 is 41.8 Å². The van der Waals surface area contributed by atoms with Crippen LogP contribution in [0.4, 0.5) is 18.9 Å². The molecule has 3 aromatic rings. The molecular weight excluding hydrogens is 499 g/mol. The summed E-state index contributed by atoms with van der Waals surface area (Å²) in [5.74, 6) is -0.155. The maximum absolute atomic E-state index is 13.0. The van der Waals surface area contributed by atoms with Crippen LogP contribution in [0, 0.1) is 10.1 Å². The van der Waals surface area contributed by atoms with Crippen LogP contribution in [0.5, 0.6) is 28.7 Å². The number of nitro benzene ring substituents is 1. The number of nitrogens with one attached hydrogen (secondary N) is 1. The van der Waals surface area contributed by atoms with E-state index in [9.17, 15) is 28.1 Å². The molecule has 0 fully saturated rings. The van der Waals surface area contributed by atoms with E-state index in [1.54, 1.807) is 12.1 Å². The highest BCUT2D eigenvalue weighted by Crippen LogP contribution is 2.39. The minimum Gasteiger partial charge on any atom is -0.493 e. The molecule has 0 saturated heterocycles. The Bertz CT molecular complexity index is 1320. The Kier molecular flexibility index (Phi) is 8.17. The standard InChI is InChI=1S/C24H20F3N3O7/c1-34-20-10-15(11-21(35-2)22(20)36-3)23(31)29-28-13-14-6-4-5-7-18(14)37-19-9-8-16(24(25,26)27)12-17(19)30(32)33/h4-13H,1-3H3,(H,29,31)/b28-13-. The number of hydrogen-bond donors (Lipinski definition) is 1. The number of ether oxygens (including phenoxy) is 4. The fourth-order valence-electron chi connectivity index (χ4n) is 3.16. The summed E-state index contributed by atoms with van der Waals surface area (Å²) in [6, 6.07) is 10.9. The molecule has 37 heavy (non-hydrogen) atoms. The maximum Gasteiger partial charge on any atom is 0.416 e. The third-order valence-electron chi connectivity index (χ3n) is 4.92. The van der Waals surface area contributed by atoms with E-state index in [0.29, 0.717) is 17.9 Å². The predicted molar refractivity (Wildman–Crippen MR) is 126 cm³/mol. The van der Waals surface area contributed by atoms with Crippen molar-refractivity contribution in [1.82, 2.24) is 5.43 Å². The number of rotatable bonds is 9. The van der Waals surface area contributed by atoms with Gasteiger partial charge in [0.05, 0.1) is 38.0 Å². The van der Waals surface area contributed by atoms with Crippen LogP contribution in [-0.4, -0.2) is 38.4 Å². The Balaban J connectivity index is 1.83. The molecule has 0 bridgehead atoms. The number of methoxy groups -OCH3 is 3. The molecule has 0 aromatic heterocycles. The molecule has 0 aliphatic carbocycles. The predicted octanol–water partition coefficient (Wildman–Crippen LogP) is 5.20. The summed E-state index contributed by atoms with van der Waals surface area (Å²) in [5.41, 5.74) is 0.703. The van der Waals surface area contributed by atoms with Crippen molar-refractivity contribution in [3.8, 4) is 28.7 Å². The van der Waals surface area contributed by atoms with Crippen LogP contribution in [-0.2, 0) is 6.18 Å². The average Bonchev–Trinajstić information content (AvgIpc) is 2.88. The maximum atomic E-state index is 13.0. The summed E-state index contributed by atoms with van der Waals surface area (Å²) in [5, 5.41) is 15.2. The minimum absolute atomic E-state index is 0.0520. The lowest BCUT2D eigenvalue weighted by Crippen LogP contribution is -2.18. The van der Waals surface area contributed by atoms with Crippen LogP contribution in [0.1, 0.15) is 21.5 Å². The molecule has 0 aliphatic heterocycles. The molecule has 194 valence electrons. The molecule has 1 N–H and O–H groups in total. The van der Waals surface area contributed by atoms with Crippen molar-refractivity contribution in [3.63, 3.8) is 0 Å². The number of alkyl halides is 3. The SMILES string of the molecule is COc1cc(C(=O)N/N=C\c2ccccc2Oc2ccc(C(F)(F)F)cc2[N+](=O)[O-])cc(OC)c1OC. The number of hydrazone groups is 1. The van der Waals surface area contributed by atoms with Gasteiger partial charge in [-0.15, -0.1) is 0 Å². The third kappa shape index (κ3) is 6.25. The number of halogens is 3. The van der Waals surface area contributed by atoms with Crippen molar-refractivity contribution in [1.29, 1.82) is 0 Å². The monoisotopic (exact) mass is 519 g/mol. The number of carbonyl (C=O) groups excluding carboxylic acids is 1. The normalized spacial score (nSPS) is 11.2. The van der Waals surface area contributed by atoms with E-state index in [-0.39, 0.29) is 28.4 Å². The first-order valence-electron chi connectivity index (χ1n) is 10.3. The molecule has 13 heteroatoms. The summed E-state index contributed by atoms with van der Waals surface area (Å²) >= 11 is 0. The summed E-state index contributed by atoms with van der Waals surface area (Å²) in [6.45, 7) is 0. The molecule has 3 aromatic carbocycles. The van der Waals surface area contributed by atoms with Gasteiger partial charge in [0.1, 0.15) is 5.75 Å². The van der Waals surface area contributed by atoms with Gasteiger partial charge in [-0.2, -0.15) is 18.3 Å². The Morgan fingerprint density at radius 1 is 0.946 bits per heavy atom. The van der Waals surface area contributed by atoms with Gasteiger partial charge in [0.25, 0.3) is 5.91 Å². The van der Waals surface area contributed by atoms with Gasteiger partial charge in [-0.25, -0.2) is 5.43 Å². The van der Waals surface area contributed by atoms with Crippen molar-refractivity contribution >= 4 is 17.8 Å². The highest BCUT2D eigenvalue weighted by Gasteiger charge is 2.33. The lowest BCUT2D eigenvalue weighted by atomic mass is 10.1. The fraction of sp³-hybridized carbons (Fsp3) is 0.167. The van der Waals surface area contributed by atoms with Gasteiger partial charge in [0.15, 0.2) is 11.5 Å². The van der Waals surface area contributed by atoms with E-state index in [0.717, 1.165) is 6.07 Å². The molecule has 3 rings (SSSR count). The highest BCUT2D eigenvalue weighted by molar-refractivity contribution is 5.96. The smallest absolute Gasteiger partial charge is 0.416 e. The molecule has 0 unspecified atom stereocenters. The van der Waals surface area contributed by atoms with Gasteiger partial charge in [-0.05, 0) is 36.4 Å². The second-order valence-corrected chi connectivity index (χ2v) is 7.19. The zero-order valence-electron chi connectivity index (χ0n) is 19.7. The molecule has 0 atom stereocenters. The number of amides is 1. The molecule has 0 aliphatic rings. The zero-order valence-corrected chi connectivity index (χ0v) is 19.7. The Labute approximate surface area is 208 Å². The molecular formula is C24H20F3N3O7. The van der Waals surface area contributed by atoms with Gasteiger partial charge in [0.2, 0.25) is 11.5 Å². The first-order chi connectivity index (χ1) is 17.6. The Hall–Kier alpha value is -4.81. The highest BCUT2D eigenvalue weighted by atomic mass is 19.4. The van der Waals surface area contributed by atoms with Gasteiger partial charge >= 0.3 is 11.9 Å². The first kappa shape index (κ1) is 26.8. The van der Waals surface area contributed by atoms with Gasteiger partial charge < -0.3 is 18.9 Å². The van der Waals surface area contributed by atoms with E-state index in [1.165, 1.54) is 51.8 Å². The zero-order chi connectivity index (χ0) is 27.2. The van der Waals surface area contributed by atoms with Crippen LogP contribution in [0.3, 0.4) is 0 Å². The summed E-state index contributed by atoms with van der Waals surface area (Å²) in [4.78, 5) is 23.0. The summed E-state index contributed by atoms with van der Waals surface area (Å²) in [6.07, 6.45) is -3.55. The lowest BCUT2D eigenvalue weighted by molar-refractivity contribution is -0.385. The fourth-order valence-corrected chi connectivity index (χ4v) is 3.16. The number of nitrogens with zero attached hydrogens (tertiary/aromatic N) is 2. The van der Waals surface area contributed by atoms with E-state index in [1.807, 2.05) is 0 Å². The average molecular weight is 519 g/mol. The molecule has 1 amide bonds. The van der Waals surface area contributed by atoms with Crippen molar-refractivity contribution in [2.24, 2.45) is 5.10 Å².